The summed E-state index contributed by atoms with van der Waals surface area (Å²) in [5.74, 6) is 0.921. The molecule has 2 rings (SSSR count). The van der Waals surface area contributed by atoms with Crippen LogP contribution in [0, 0.1) is 11.3 Å². The highest BCUT2D eigenvalue weighted by Crippen LogP contribution is 2.25. The van der Waals surface area contributed by atoms with Gasteiger partial charge < -0.3 is 9.80 Å². The van der Waals surface area contributed by atoms with Gasteiger partial charge in [0.2, 0.25) is 0 Å². The Morgan fingerprint density at radius 1 is 0.750 bits per heavy atom. The fourth-order valence-corrected chi connectivity index (χ4v) is 4.08. The lowest BCUT2D eigenvalue weighted by molar-refractivity contribution is 0.0748. The summed E-state index contributed by atoms with van der Waals surface area (Å²) in [4.78, 5) is 8.13. The van der Waals surface area contributed by atoms with E-state index >= 15 is 0 Å². The van der Waals surface area contributed by atoms with Crippen LogP contribution in [0.4, 0.5) is 0 Å². The van der Waals surface area contributed by atoms with Crippen molar-refractivity contribution in [3.05, 3.63) is 0 Å². The molecular weight excluding hydrogens is 294 g/mol. The predicted octanol–water partition coefficient (Wildman–Crippen LogP) is 3.94. The van der Waals surface area contributed by atoms with E-state index in [1.807, 2.05) is 0 Å². The van der Waals surface area contributed by atoms with E-state index in [0.29, 0.717) is 11.0 Å². The molecule has 24 heavy (non-hydrogen) atoms. The Morgan fingerprint density at radius 3 is 1.92 bits per heavy atom. The van der Waals surface area contributed by atoms with Crippen molar-refractivity contribution in [1.29, 1.82) is 0 Å². The van der Waals surface area contributed by atoms with Gasteiger partial charge in [0.25, 0.3) is 0 Å². The van der Waals surface area contributed by atoms with Crippen LogP contribution < -0.4 is 0 Å². The average Bonchev–Trinajstić information content (AvgIpc) is 2.69. The van der Waals surface area contributed by atoms with Gasteiger partial charge in [0.1, 0.15) is 0 Å². The van der Waals surface area contributed by atoms with Crippen molar-refractivity contribution in [2.45, 2.75) is 72.8 Å². The lowest BCUT2D eigenvalue weighted by atomic mass is 9.92. The minimum Gasteiger partial charge on any atom is -0.302 e. The average molecular weight is 338 g/mol. The first-order valence-electron chi connectivity index (χ1n) is 10.3. The predicted molar refractivity (Wildman–Crippen MR) is 106 cm³/mol. The molecule has 0 spiro atoms. The van der Waals surface area contributed by atoms with E-state index in [9.17, 15) is 0 Å². The Hall–Kier alpha value is -0.120. The smallest absolute Gasteiger partial charge is 0.0125 e. The molecule has 2 aliphatic heterocycles. The molecule has 0 aromatic rings. The normalized spacial score (nSPS) is 24.2. The molecule has 2 saturated heterocycles. The van der Waals surface area contributed by atoms with Crippen molar-refractivity contribution in [3.63, 3.8) is 0 Å². The van der Waals surface area contributed by atoms with E-state index < -0.39 is 0 Å². The van der Waals surface area contributed by atoms with Crippen LogP contribution in [0.15, 0.2) is 0 Å². The largest absolute Gasteiger partial charge is 0.302 e. The number of likely N-dealkylation sites (tertiary alicyclic amines) is 1. The molecule has 3 nitrogen and oxygen atoms in total. The Morgan fingerprint density at radius 2 is 1.33 bits per heavy atom. The third-order valence-corrected chi connectivity index (χ3v) is 5.94. The fourth-order valence-electron chi connectivity index (χ4n) is 4.08. The summed E-state index contributed by atoms with van der Waals surface area (Å²) in [5.41, 5.74) is 0.814. The number of piperidine rings is 1. The van der Waals surface area contributed by atoms with Crippen LogP contribution in [0.1, 0.15) is 67.2 Å². The molecule has 0 aromatic carbocycles. The minimum atomic E-state index is 0.348. The van der Waals surface area contributed by atoms with Crippen molar-refractivity contribution in [2.24, 2.45) is 11.3 Å². The molecule has 0 N–H and O–H groups in total. The third kappa shape index (κ3) is 7.01. The lowest BCUT2D eigenvalue weighted by Crippen LogP contribution is -2.47. The van der Waals surface area contributed by atoms with Gasteiger partial charge in [-0.3, -0.25) is 4.90 Å². The van der Waals surface area contributed by atoms with Gasteiger partial charge in [0, 0.05) is 25.2 Å². The molecule has 2 aliphatic rings. The van der Waals surface area contributed by atoms with Crippen LogP contribution in [-0.4, -0.2) is 72.6 Å². The van der Waals surface area contributed by atoms with E-state index in [-0.39, 0.29) is 0 Å². The van der Waals surface area contributed by atoms with Crippen molar-refractivity contribution >= 4 is 0 Å². The summed E-state index contributed by atoms with van der Waals surface area (Å²) in [6.07, 6.45) is 5.45. The van der Waals surface area contributed by atoms with Crippen LogP contribution in [0.3, 0.4) is 0 Å². The number of nitrogens with zero attached hydrogens (tertiary/aromatic N) is 3. The standard InChI is InChI=1S/C21H43N3/c1-20(2,3)10-15-22-11-7-12-23(17-16-22)18-19-8-13-24(14-9-19)21(4,5)6/h19H,7-18H2,1-6H3. The minimum absolute atomic E-state index is 0.348. The van der Waals surface area contributed by atoms with Gasteiger partial charge in [-0.1, -0.05) is 20.8 Å². The third-order valence-electron chi connectivity index (χ3n) is 5.94. The quantitative estimate of drug-likeness (QED) is 0.769. The van der Waals surface area contributed by atoms with Gasteiger partial charge in [-0.2, -0.15) is 0 Å². The maximum Gasteiger partial charge on any atom is 0.0125 e. The van der Waals surface area contributed by atoms with E-state index in [1.165, 1.54) is 78.0 Å². The van der Waals surface area contributed by atoms with Crippen molar-refractivity contribution < 1.29 is 0 Å². The van der Waals surface area contributed by atoms with E-state index in [4.69, 9.17) is 0 Å². The number of hydrogen-bond donors (Lipinski definition) is 0. The Labute approximate surface area is 151 Å². The maximum absolute atomic E-state index is 2.76. The highest BCUT2D eigenvalue weighted by Gasteiger charge is 2.28. The van der Waals surface area contributed by atoms with Crippen LogP contribution in [0.25, 0.3) is 0 Å². The summed E-state index contributed by atoms with van der Waals surface area (Å²) in [6, 6.07) is 0. The first-order valence-corrected chi connectivity index (χ1v) is 10.3. The highest BCUT2D eigenvalue weighted by molar-refractivity contribution is 4.83. The van der Waals surface area contributed by atoms with Gasteiger partial charge in [-0.15, -0.1) is 0 Å². The first kappa shape index (κ1) is 20.2. The molecule has 0 bridgehead atoms. The molecule has 2 heterocycles. The molecular formula is C21H43N3. The molecule has 0 saturated carbocycles. The molecule has 0 aromatic heterocycles. The topological polar surface area (TPSA) is 9.72 Å². The summed E-state index contributed by atoms with van der Waals surface area (Å²) in [6.45, 7) is 24.5. The Bertz CT molecular complexity index is 358. The molecule has 0 atom stereocenters. The number of rotatable bonds is 4. The van der Waals surface area contributed by atoms with Gasteiger partial charge in [0.05, 0.1) is 0 Å². The molecule has 0 radical (unpaired) electrons. The lowest BCUT2D eigenvalue weighted by Gasteiger charge is -2.41. The zero-order valence-electron chi connectivity index (χ0n) is 17.4. The van der Waals surface area contributed by atoms with Crippen LogP contribution >= 0.6 is 0 Å². The van der Waals surface area contributed by atoms with Gasteiger partial charge in [0.15, 0.2) is 0 Å². The highest BCUT2D eigenvalue weighted by atomic mass is 15.2. The summed E-state index contributed by atoms with van der Waals surface area (Å²) in [7, 11) is 0. The molecule has 142 valence electrons. The fraction of sp³-hybridized carbons (Fsp3) is 1.00. The van der Waals surface area contributed by atoms with E-state index in [0.717, 1.165) is 5.92 Å². The zero-order chi connectivity index (χ0) is 17.8. The van der Waals surface area contributed by atoms with Crippen LogP contribution in [0.2, 0.25) is 0 Å². The van der Waals surface area contributed by atoms with Crippen molar-refractivity contribution in [1.82, 2.24) is 14.7 Å². The zero-order valence-corrected chi connectivity index (χ0v) is 17.4. The van der Waals surface area contributed by atoms with E-state index in [1.54, 1.807) is 0 Å². The second-order valence-electron chi connectivity index (χ2n) is 10.4. The molecule has 2 fully saturated rings. The Kier molecular flexibility index (Phi) is 7.16. The molecule has 0 amide bonds. The number of hydrogen-bond acceptors (Lipinski definition) is 3. The maximum atomic E-state index is 2.76. The van der Waals surface area contributed by atoms with Crippen molar-refractivity contribution in [2.75, 3.05) is 52.4 Å². The van der Waals surface area contributed by atoms with E-state index in [2.05, 4.69) is 56.2 Å². The van der Waals surface area contributed by atoms with Gasteiger partial charge in [-0.25, -0.2) is 0 Å². The summed E-state index contributed by atoms with van der Waals surface area (Å²) in [5, 5.41) is 0. The summed E-state index contributed by atoms with van der Waals surface area (Å²) >= 11 is 0. The molecule has 3 heteroatoms. The van der Waals surface area contributed by atoms with Gasteiger partial charge >= 0.3 is 0 Å². The van der Waals surface area contributed by atoms with Gasteiger partial charge in [-0.05, 0) is 90.5 Å². The van der Waals surface area contributed by atoms with Crippen LogP contribution in [0.5, 0.6) is 0 Å². The first-order chi connectivity index (χ1) is 11.1. The Balaban J connectivity index is 1.69. The SMILES string of the molecule is CC(C)(C)CCN1CCCN(CC2CCN(C(C)(C)C)CC2)CC1. The molecule has 0 aliphatic carbocycles. The monoisotopic (exact) mass is 337 g/mol. The van der Waals surface area contributed by atoms with Crippen LogP contribution in [-0.2, 0) is 0 Å². The summed E-state index contributed by atoms with van der Waals surface area (Å²) < 4.78 is 0. The second-order valence-corrected chi connectivity index (χ2v) is 10.4. The molecule has 0 unspecified atom stereocenters. The second kappa shape index (κ2) is 8.51. The van der Waals surface area contributed by atoms with Crippen molar-refractivity contribution in [3.8, 4) is 0 Å².